The van der Waals surface area contributed by atoms with E-state index in [9.17, 15) is 4.79 Å². The Morgan fingerprint density at radius 1 is 1.34 bits per heavy atom. The Kier molecular flexibility index (Phi) is 4.75. The Hall–Kier alpha value is -4.06. The second kappa shape index (κ2) is 7.52. The van der Waals surface area contributed by atoms with Gasteiger partial charge in [0, 0.05) is 32.1 Å². The van der Waals surface area contributed by atoms with E-state index in [1.54, 1.807) is 25.4 Å². The van der Waals surface area contributed by atoms with E-state index in [0.29, 0.717) is 28.6 Å². The van der Waals surface area contributed by atoms with Crippen LogP contribution in [-0.2, 0) is 18.4 Å². The van der Waals surface area contributed by atoms with E-state index in [0.717, 1.165) is 0 Å². The highest BCUT2D eigenvalue weighted by Gasteiger charge is 2.21. The van der Waals surface area contributed by atoms with Gasteiger partial charge in [0.2, 0.25) is 5.89 Å². The third-order valence-corrected chi connectivity index (χ3v) is 3.79. The molecule has 0 atom stereocenters. The van der Waals surface area contributed by atoms with Gasteiger partial charge in [-0.1, -0.05) is 5.16 Å². The Morgan fingerprint density at radius 3 is 3.00 bits per heavy atom. The maximum Gasteiger partial charge on any atom is 0.280 e. The zero-order chi connectivity index (χ0) is 20.4. The number of aryl methyl sites for hydroxylation is 1. The minimum absolute atomic E-state index is 0.0794. The molecule has 4 aromatic heterocycles. The fourth-order valence-electron chi connectivity index (χ4n) is 2.55. The summed E-state index contributed by atoms with van der Waals surface area (Å²) in [6.07, 6.45) is 4.39. The third-order valence-electron chi connectivity index (χ3n) is 3.79. The number of nitrogens with two attached hydrogens (primary N) is 1. The summed E-state index contributed by atoms with van der Waals surface area (Å²) in [4.78, 5) is 24.9. The van der Waals surface area contributed by atoms with Gasteiger partial charge in [-0.25, -0.2) is 9.97 Å². The summed E-state index contributed by atoms with van der Waals surface area (Å²) in [5, 5.41) is 10.8. The number of aromatic nitrogens is 6. The zero-order valence-corrected chi connectivity index (χ0v) is 15.5. The summed E-state index contributed by atoms with van der Waals surface area (Å²) < 4.78 is 17.1. The first-order chi connectivity index (χ1) is 14.0. The van der Waals surface area contributed by atoms with Crippen LogP contribution in [0.1, 0.15) is 16.3 Å². The molecule has 148 valence electrons. The molecule has 0 aliphatic carbocycles. The number of hydrogen-bond acceptors (Lipinski definition) is 10. The summed E-state index contributed by atoms with van der Waals surface area (Å²) in [6.45, 7) is 0.194. The van der Waals surface area contributed by atoms with Gasteiger partial charge in [0.25, 0.3) is 11.8 Å². The van der Waals surface area contributed by atoms with E-state index in [4.69, 9.17) is 19.4 Å². The summed E-state index contributed by atoms with van der Waals surface area (Å²) in [5.74, 6) is 0.591. The lowest BCUT2D eigenvalue weighted by atomic mass is 10.2. The number of amides is 1. The van der Waals surface area contributed by atoms with Crippen LogP contribution < -0.4 is 11.1 Å². The molecule has 0 saturated heterocycles. The highest BCUT2D eigenvalue weighted by Crippen LogP contribution is 2.26. The molecule has 4 heterocycles. The molecule has 4 aromatic rings. The molecule has 0 radical (unpaired) electrons. The van der Waals surface area contributed by atoms with Crippen LogP contribution in [0.25, 0.3) is 23.0 Å². The Labute approximate surface area is 163 Å². The summed E-state index contributed by atoms with van der Waals surface area (Å²) >= 11 is 0. The number of hydrogen-bond donors (Lipinski definition) is 2. The van der Waals surface area contributed by atoms with Crippen molar-refractivity contribution in [3.8, 4) is 23.0 Å². The molecule has 0 bridgehead atoms. The topological polar surface area (TPSA) is 160 Å². The Morgan fingerprint density at radius 2 is 2.21 bits per heavy atom. The molecule has 0 saturated carbocycles. The molecule has 12 heteroatoms. The van der Waals surface area contributed by atoms with Gasteiger partial charge in [-0.2, -0.15) is 10.1 Å². The van der Waals surface area contributed by atoms with E-state index in [1.165, 1.54) is 24.3 Å². The molecular weight excluding hydrogens is 380 g/mol. The standard InChI is InChI=1S/C17H16N8O4/c1-25-6-10(14(23-25)17-22-13(8-27-2)24-29-17)20-15(26)11-7-28-16(21-11)9-3-4-19-12(18)5-9/h3-7H,8H2,1-2H3,(H2,18,19)(H,20,26). The first kappa shape index (κ1) is 18.3. The van der Waals surface area contributed by atoms with Crippen molar-refractivity contribution in [2.75, 3.05) is 18.2 Å². The van der Waals surface area contributed by atoms with Gasteiger partial charge in [-0.15, -0.1) is 0 Å². The number of oxazole rings is 1. The Bertz CT molecular complexity index is 1160. The van der Waals surface area contributed by atoms with Crippen LogP contribution in [0.15, 0.2) is 39.7 Å². The fraction of sp³-hybridized carbons (Fsp3) is 0.176. The molecule has 4 rings (SSSR count). The van der Waals surface area contributed by atoms with Gasteiger partial charge in [-0.05, 0) is 12.1 Å². The van der Waals surface area contributed by atoms with E-state index < -0.39 is 5.91 Å². The lowest BCUT2D eigenvalue weighted by Gasteiger charge is -2.00. The number of nitrogen functional groups attached to an aromatic ring is 1. The van der Waals surface area contributed by atoms with Crippen LogP contribution in [-0.4, -0.2) is 42.9 Å². The van der Waals surface area contributed by atoms with Crippen molar-refractivity contribution in [2.24, 2.45) is 7.05 Å². The summed E-state index contributed by atoms with van der Waals surface area (Å²) in [5.41, 5.74) is 7.05. The third kappa shape index (κ3) is 3.82. The van der Waals surface area contributed by atoms with Crippen LogP contribution in [0, 0.1) is 0 Å². The Balaban J connectivity index is 1.56. The monoisotopic (exact) mass is 396 g/mol. The van der Waals surface area contributed by atoms with Crippen LogP contribution in [0.3, 0.4) is 0 Å². The van der Waals surface area contributed by atoms with E-state index in [-0.39, 0.29) is 24.1 Å². The van der Waals surface area contributed by atoms with Crippen LogP contribution in [0.4, 0.5) is 11.5 Å². The number of nitrogens with one attached hydrogen (secondary N) is 1. The maximum absolute atomic E-state index is 12.6. The number of pyridine rings is 1. The number of anilines is 2. The number of methoxy groups -OCH3 is 1. The van der Waals surface area contributed by atoms with Gasteiger partial charge in [0.15, 0.2) is 17.2 Å². The number of carbonyl (C=O) groups is 1. The second-order valence-electron chi connectivity index (χ2n) is 5.98. The van der Waals surface area contributed by atoms with Crippen molar-refractivity contribution in [1.82, 2.24) is 29.9 Å². The molecular formula is C17H16N8O4. The highest BCUT2D eigenvalue weighted by molar-refractivity contribution is 6.04. The molecule has 0 aliphatic heterocycles. The van der Waals surface area contributed by atoms with Gasteiger partial charge < -0.3 is 24.7 Å². The average molecular weight is 396 g/mol. The molecule has 1 amide bonds. The second-order valence-corrected chi connectivity index (χ2v) is 5.98. The SMILES string of the molecule is COCc1noc(-c2nn(C)cc2NC(=O)c2coc(-c3ccnc(N)c3)n2)n1. The molecule has 12 nitrogen and oxygen atoms in total. The van der Waals surface area contributed by atoms with Gasteiger partial charge in [0.05, 0.1) is 5.69 Å². The number of carbonyl (C=O) groups excluding carboxylic acids is 1. The normalized spacial score (nSPS) is 11.0. The van der Waals surface area contributed by atoms with Crippen molar-refractivity contribution < 1.29 is 18.5 Å². The summed E-state index contributed by atoms with van der Waals surface area (Å²) in [7, 11) is 3.22. The minimum Gasteiger partial charge on any atom is -0.444 e. The first-order valence-electron chi connectivity index (χ1n) is 8.38. The molecule has 0 aliphatic rings. The average Bonchev–Trinajstić information content (AvgIpc) is 3.42. The van der Waals surface area contributed by atoms with E-state index >= 15 is 0 Å². The predicted molar refractivity (Wildman–Crippen MR) is 99.3 cm³/mol. The predicted octanol–water partition coefficient (Wildman–Crippen LogP) is 1.50. The van der Waals surface area contributed by atoms with Gasteiger partial charge >= 0.3 is 0 Å². The van der Waals surface area contributed by atoms with E-state index in [1.807, 2.05) is 0 Å². The molecule has 0 unspecified atom stereocenters. The zero-order valence-electron chi connectivity index (χ0n) is 15.5. The lowest BCUT2D eigenvalue weighted by Crippen LogP contribution is -2.12. The van der Waals surface area contributed by atoms with Gasteiger partial charge in [-0.3, -0.25) is 9.48 Å². The molecule has 0 fully saturated rings. The molecule has 3 N–H and O–H groups in total. The molecule has 29 heavy (non-hydrogen) atoms. The number of ether oxygens (including phenoxy) is 1. The van der Waals surface area contributed by atoms with Crippen LogP contribution in [0.2, 0.25) is 0 Å². The quantitative estimate of drug-likeness (QED) is 0.488. The van der Waals surface area contributed by atoms with E-state index in [2.05, 4.69) is 30.5 Å². The van der Waals surface area contributed by atoms with Crippen molar-refractivity contribution in [2.45, 2.75) is 6.61 Å². The van der Waals surface area contributed by atoms with Crippen molar-refractivity contribution >= 4 is 17.4 Å². The first-order valence-corrected chi connectivity index (χ1v) is 8.38. The molecule has 0 spiro atoms. The number of nitrogens with zero attached hydrogens (tertiary/aromatic N) is 6. The highest BCUT2D eigenvalue weighted by atomic mass is 16.5. The van der Waals surface area contributed by atoms with Crippen molar-refractivity contribution in [3.05, 3.63) is 42.3 Å². The summed E-state index contributed by atoms with van der Waals surface area (Å²) in [6, 6.07) is 3.27. The minimum atomic E-state index is -0.493. The maximum atomic E-state index is 12.6. The largest absolute Gasteiger partial charge is 0.444 e. The van der Waals surface area contributed by atoms with Crippen LogP contribution in [0.5, 0.6) is 0 Å². The molecule has 0 aromatic carbocycles. The lowest BCUT2D eigenvalue weighted by molar-refractivity contribution is 0.102. The number of rotatable bonds is 6. The smallest absolute Gasteiger partial charge is 0.280 e. The van der Waals surface area contributed by atoms with Crippen molar-refractivity contribution in [3.63, 3.8) is 0 Å². The fourth-order valence-corrected chi connectivity index (χ4v) is 2.55. The van der Waals surface area contributed by atoms with Crippen LogP contribution >= 0.6 is 0 Å². The van der Waals surface area contributed by atoms with Crippen molar-refractivity contribution in [1.29, 1.82) is 0 Å². The van der Waals surface area contributed by atoms with Gasteiger partial charge in [0.1, 0.15) is 18.7 Å².